The standard InChI is InChI=1S/C15H30ClNO4/c16-14(21)15(17,12-18)11-9-7-5-3-1-2-4-6-8-10-13(19)20/h14,18,21H,1-12,17H2,(H,19,20). The average Bonchev–Trinajstić information content (AvgIpc) is 2.43. The molecule has 5 nitrogen and oxygen atoms in total. The van der Waals surface area contributed by atoms with E-state index < -0.39 is 17.1 Å². The van der Waals surface area contributed by atoms with Gasteiger partial charge in [-0.05, 0) is 12.8 Å². The normalized spacial score (nSPS) is 15.6. The Bertz CT molecular complexity index is 276. The van der Waals surface area contributed by atoms with E-state index >= 15 is 0 Å². The van der Waals surface area contributed by atoms with Crippen LogP contribution >= 0.6 is 11.6 Å². The summed E-state index contributed by atoms with van der Waals surface area (Å²) in [4.78, 5) is 10.3. The molecule has 6 heteroatoms. The molecule has 0 amide bonds. The van der Waals surface area contributed by atoms with Crippen molar-refractivity contribution < 1.29 is 20.1 Å². The van der Waals surface area contributed by atoms with Crippen molar-refractivity contribution in [2.75, 3.05) is 6.61 Å². The molecule has 0 fully saturated rings. The fourth-order valence-electron chi connectivity index (χ4n) is 2.24. The van der Waals surface area contributed by atoms with Gasteiger partial charge in [0.1, 0.15) is 5.56 Å². The van der Waals surface area contributed by atoms with Gasteiger partial charge in [0.05, 0.1) is 12.1 Å². The van der Waals surface area contributed by atoms with Gasteiger partial charge in [0, 0.05) is 6.42 Å². The summed E-state index contributed by atoms with van der Waals surface area (Å²) in [7, 11) is 0. The lowest BCUT2D eigenvalue weighted by molar-refractivity contribution is -0.137. The molecule has 0 aliphatic heterocycles. The second-order valence-electron chi connectivity index (χ2n) is 5.80. The van der Waals surface area contributed by atoms with Crippen LogP contribution in [0.25, 0.3) is 0 Å². The van der Waals surface area contributed by atoms with Crippen LogP contribution in [0, 0.1) is 0 Å². The summed E-state index contributed by atoms with van der Waals surface area (Å²) in [5.41, 5.74) is 3.49. The maximum Gasteiger partial charge on any atom is 0.303 e. The minimum Gasteiger partial charge on any atom is -0.481 e. The van der Waals surface area contributed by atoms with Crippen LogP contribution in [0.4, 0.5) is 0 Å². The molecule has 21 heavy (non-hydrogen) atoms. The van der Waals surface area contributed by atoms with E-state index in [2.05, 4.69) is 0 Å². The van der Waals surface area contributed by atoms with E-state index in [0.29, 0.717) is 6.42 Å². The molecule has 0 aliphatic rings. The Morgan fingerprint density at radius 1 is 1.00 bits per heavy atom. The quantitative estimate of drug-likeness (QED) is 0.290. The van der Waals surface area contributed by atoms with Crippen molar-refractivity contribution in [3.05, 3.63) is 0 Å². The van der Waals surface area contributed by atoms with Crippen molar-refractivity contribution in [2.45, 2.75) is 81.7 Å². The van der Waals surface area contributed by atoms with Crippen molar-refractivity contribution in [3.8, 4) is 0 Å². The Morgan fingerprint density at radius 2 is 1.43 bits per heavy atom. The third kappa shape index (κ3) is 10.9. The Morgan fingerprint density at radius 3 is 1.81 bits per heavy atom. The molecule has 2 atom stereocenters. The number of rotatable bonds is 14. The minimum atomic E-state index is -1.21. The van der Waals surface area contributed by atoms with Crippen molar-refractivity contribution in [3.63, 3.8) is 0 Å². The van der Waals surface area contributed by atoms with Crippen LogP contribution in [0.2, 0.25) is 0 Å². The number of halogens is 1. The van der Waals surface area contributed by atoms with Gasteiger partial charge in [0.25, 0.3) is 0 Å². The highest BCUT2D eigenvalue weighted by molar-refractivity contribution is 6.20. The van der Waals surface area contributed by atoms with E-state index in [-0.39, 0.29) is 13.0 Å². The van der Waals surface area contributed by atoms with Crippen LogP contribution in [0.5, 0.6) is 0 Å². The highest BCUT2D eigenvalue weighted by atomic mass is 35.5. The fraction of sp³-hybridized carbons (Fsp3) is 0.933. The lowest BCUT2D eigenvalue weighted by Gasteiger charge is -2.28. The van der Waals surface area contributed by atoms with Crippen LogP contribution in [0.15, 0.2) is 0 Å². The topological polar surface area (TPSA) is 104 Å². The molecule has 5 N–H and O–H groups in total. The molecule has 0 spiro atoms. The number of aliphatic hydroxyl groups excluding tert-OH is 2. The van der Waals surface area contributed by atoms with Gasteiger partial charge in [-0.3, -0.25) is 4.79 Å². The van der Waals surface area contributed by atoms with Crippen LogP contribution in [-0.4, -0.2) is 39.0 Å². The van der Waals surface area contributed by atoms with Gasteiger partial charge in [-0.15, -0.1) is 0 Å². The summed E-state index contributed by atoms with van der Waals surface area (Å²) in [6.45, 7) is -0.311. The third-order valence-corrected chi connectivity index (χ3v) is 4.24. The second-order valence-corrected chi connectivity index (χ2v) is 6.22. The molecule has 0 saturated carbocycles. The number of unbranched alkanes of at least 4 members (excludes halogenated alkanes) is 8. The monoisotopic (exact) mass is 323 g/mol. The molecular weight excluding hydrogens is 294 g/mol. The molecule has 126 valence electrons. The number of hydrogen-bond acceptors (Lipinski definition) is 4. The van der Waals surface area contributed by atoms with Gasteiger partial charge in [0.15, 0.2) is 0 Å². The van der Waals surface area contributed by atoms with Crippen LogP contribution in [-0.2, 0) is 4.79 Å². The predicted octanol–water partition coefficient (Wildman–Crippen LogP) is 2.61. The molecule has 0 aromatic heterocycles. The van der Waals surface area contributed by atoms with Gasteiger partial charge in [0.2, 0.25) is 0 Å². The number of aliphatic carboxylic acids is 1. The summed E-state index contributed by atoms with van der Waals surface area (Å²) in [6, 6.07) is 0. The second kappa shape index (κ2) is 12.2. The number of hydrogen-bond donors (Lipinski definition) is 4. The maximum absolute atomic E-state index is 10.3. The Balaban J connectivity index is 3.35. The molecule has 0 saturated heterocycles. The molecule has 0 radical (unpaired) electrons. The fourth-order valence-corrected chi connectivity index (χ4v) is 2.42. The van der Waals surface area contributed by atoms with Gasteiger partial charge < -0.3 is 21.1 Å². The zero-order chi connectivity index (χ0) is 16.1. The number of nitrogens with two attached hydrogens (primary N) is 1. The van der Waals surface area contributed by atoms with Gasteiger partial charge >= 0.3 is 5.97 Å². The van der Waals surface area contributed by atoms with Crippen LogP contribution in [0.1, 0.15) is 70.6 Å². The first kappa shape index (κ1) is 20.6. The van der Waals surface area contributed by atoms with E-state index in [0.717, 1.165) is 51.4 Å². The molecule has 2 unspecified atom stereocenters. The maximum atomic E-state index is 10.3. The van der Waals surface area contributed by atoms with Gasteiger partial charge in [-0.2, -0.15) is 0 Å². The zero-order valence-electron chi connectivity index (χ0n) is 12.8. The molecule has 0 rings (SSSR count). The predicted molar refractivity (Wildman–Crippen MR) is 84.3 cm³/mol. The Hall–Kier alpha value is -0.360. The van der Waals surface area contributed by atoms with E-state index in [1.807, 2.05) is 0 Å². The largest absolute Gasteiger partial charge is 0.481 e. The summed E-state index contributed by atoms with van der Waals surface area (Å²) >= 11 is 5.56. The van der Waals surface area contributed by atoms with Gasteiger partial charge in [-0.25, -0.2) is 0 Å². The number of carboxylic acid groups (broad SMARTS) is 1. The van der Waals surface area contributed by atoms with Crippen molar-refractivity contribution in [1.29, 1.82) is 0 Å². The first-order chi connectivity index (χ1) is 9.92. The number of carboxylic acids is 1. The van der Waals surface area contributed by atoms with Crippen molar-refractivity contribution in [1.82, 2.24) is 0 Å². The van der Waals surface area contributed by atoms with Crippen molar-refractivity contribution in [2.24, 2.45) is 5.73 Å². The lowest BCUT2D eigenvalue weighted by atomic mass is 9.94. The first-order valence-corrected chi connectivity index (χ1v) is 8.29. The van der Waals surface area contributed by atoms with E-state index in [1.54, 1.807) is 0 Å². The highest BCUT2D eigenvalue weighted by Crippen LogP contribution is 2.20. The van der Waals surface area contributed by atoms with Crippen LogP contribution in [0.3, 0.4) is 0 Å². The smallest absolute Gasteiger partial charge is 0.303 e. The SMILES string of the molecule is NC(CO)(CCCCCCCCCCCC(=O)O)C(O)Cl. The molecule has 0 aromatic rings. The minimum absolute atomic E-state index is 0.276. The van der Waals surface area contributed by atoms with E-state index in [4.69, 9.17) is 27.5 Å². The third-order valence-electron chi connectivity index (χ3n) is 3.80. The molecule has 0 aliphatic carbocycles. The molecular formula is C15H30ClNO4. The Kier molecular flexibility index (Phi) is 12.0. The van der Waals surface area contributed by atoms with E-state index in [9.17, 15) is 9.90 Å². The first-order valence-electron chi connectivity index (χ1n) is 7.86. The number of alkyl halides is 1. The molecule has 0 bridgehead atoms. The highest BCUT2D eigenvalue weighted by Gasteiger charge is 2.30. The number of aliphatic hydroxyl groups is 2. The summed E-state index contributed by atoms with van der Waals surface area (Å²) in [5, 5.41) is 26.9. The number of carbonyl (C=O) groups is 1. The average molecular weight is 324 g/mol. The summed E-state index contributed by atoms with van der Waals surface area (Å²) in [6.07, 6.45) is 10.1. The molecule has 0 heterocycles. The van der Waals surface area contributed by atoms with Gasteiger partial charge in [-0.1, -0.05) is 63.0 Å². The summed E-state index contributed by atoms with van der Waals surface area (Å²) < 4.78 is 0. The van der Waals surface area contributed by atoms with Crippen molar-refractivity contribution >= 4 is 17.6 Å². The lowest BCUT2D eigenvalue weighted by Crippen LogP contribution is -2.51. The molecule has 0 aromatic carbocycles. The zero-order valence-corrected chi connectivity index (χ0v) is 13.5. The Labute approximate surface area is 132 Å². The summed E-state index contributed by atoms with van der Waals surface area (Å²) in [5.74, 6) is -0.712. The van der Waals surface area contributed by atoms with E-state index in [1.165, 1.54) is 6.42 Å². The van der Waals surface area contributed by atoms with Crippen LogP contribution < -0.4 is 5.73 Å².